The summed E-state index contributed by atoms with van der Waals surface area (Å²) in [7, 11) is 0. The van der Waals surface area contributed by atoms with Crippen LogP contribution >= 0.6 is 15.9 Å². The molecule has 1 saturated heterocycles. The maximum absolute atomic E-state index is 13.2. The van der Waals surface area contributed by atoms with E-state index in [9.17, 15) is 4.39 Å². The second kappa shape index (κ2) is 5.70. The molecule has 0 unspecified atom stereocenters. The first kappa shape index (κ1) is 14.0. The topological polar surface area (TPSA) is 3.24 Å². The minimum absolute atomic E-state index is 0.184. The molecule has 0 N–H and O–H groups in total. The van der Waals surface area contributed by atoms with Gasteiger partial charge in [-0.05, 0) is 71.4 Å². The van der Waals surface area contributed by atoms with Crippen LogP contribution in [0.2, 0.25) is 0 Å². The quantitative estimate of drug-likeness (QED) is 0.771. The predicted molar refractivity (Wildman–Crippen MR) is 77.0 cm³/mol. The molecule has 1 heterocycles. The fourth-order valence-electron chi connectivity index (χ4n) is 2.53. The molecule has 0 aliphatic carbocycles. The molecule has 18 heavy (non-hydrogen) atoms. The van der Waals surface area contributed by atoms with Crippen molar-refractivity contribution in [1.29, 1.82) is 0 Å². The van der Waals surface area contributed by atoms with Crippen molar-refractivity contribution in [2.45, 2.75) is 39.7 Å². The van der Waals surface area contributed by atoms with Crippen LogP contribution in [-0.4, -0.2) is 18.0 Å². The smallest absolute Gasteiger partial charge is 0.137 e. The largest absolute Gasteiger partial charge is 0.299 e. The molecule has 0 amide bonds. The highest BCUT2D eigenvalue weighted by Gasteiger charge is 2.22. The first-order chi connectivity index (χ1) is 8.46. The number of rotatable bonds is 2. The van der Waals surface area contributed by atoms with Crippen LogP contribution in [0.3, 0.4) is 0 Å². The van der Waals surface area contributed by atoms with Gasteiger partial charge in [-0.2, -0.15) is 0 Å². The summed E-state index contributed by atoms with van der Waals surface area (Å²) in [5.41, 5.74) is 1.65. The molecule has 1 fully saturated rings. The Morgan fingerprint density at radius 3 is 2.78 bits per heavy atom. The van der Waals surface area contributed by atoms with Crippen LogP contribution in [-0.2, 0) is 6.54 Å². The zero-order valence-corrected chi connectivity index (χ0v) is 12.8. The molecule has 3 heteroatoms. The summed E-state index contributed by atoms with van der Waals surface area (Å²) < 4.78 is 13.7. The lowest BCUT2D eigenvalue weighted by Gasteiger charge is -2.23. The molecule has 1 aliphatic heterocycles. The van der Waals surface area contributed by atoms with Crippen LogP contribution in [0.4, 0.5) is 4.39 Å². The Bertz CT molecular complexity index is 417. The van der Waals surface area contributed by atoms with Crippen LogP contribution in [0.1, 0.15) is 38.7 Å². The molecule has 1 aromatic rings. The Labute approximate surface area is 118 Å². The standard InChI is InChI=1S/C15H21BrFN/c1-15(2)6-3-8-18(9-7-15)11-12-4-5-14(17)13(16)10-12/h4-5,10H,3,6-9,11H2,1-2H3. The highest BCUT2D eigenvalue weighted by Crippen LogP contribution is 2.30. The monoisotopic (exact) mass is 313 g/mol. The summed E-state index contributed by atoms with van der Waals surface area (Å²) in [6.45, 7) is 7.92. The number of hydrogen-bond donors (Lipinski definition) is 0. The second-order valence-electron chi connectivity index (χ2n) is 6.04. The third-order valence-corrected chi connectivity index (χ3v) is 4.43. The second-order valence-corrected chi connectivity index (χ2v) is 6.90. The Morgan fingerprint density at radius 2 is 2.06 bits per heavy atom. The normalized spacial score (nSPS) is 20.7. The minimum Gasteiger partial charge on any atom is -0.299 e. The molecule has 1 aromatic carbocycles. The van der Waals surface area contributed by atoms with Crippen molar-refractivity contribution in [3.05, 3.63) is 34.1 Å². The summed E-state index contributed by atoms with van der Waals surface area (Å²) in [4.78, 5) is 2.48. The molecule has 1 nitrogen and oxygen atoms in total. The van der Waals surface area contributed by atoms with Crippen molar-refractivity contribution in [2.75, 3.05) is 13.1 Å². The predicted octanol–water partition coefficient (Wildman–Crippen LogP) is 4.60. The Morgan fingerprint density at radius 1 is 1.28 bits per heavy atom. The molecule has 2 rings (SSSR count). The first-order valence-corrected chi connectivity index (χ1v) is 7.42. The van der Waals surface area contributed by atoms with Crippen molar-refractivity contribution in [3.8, 4) is 0 Å². The average molecular weight is 314 g/mol. The number of hydrogen-bond acceptors (Lipinski definition) is 1. The number of likely N-dealkylation sites (tertiary alicyclic amines) is 1. The van der Waals surface area contributed by atoms with Gasteiger partial charge in [-0.3, -0.25) is 4.90 Å². The van der Waals surface area contributed by atoms with Crippen LogP contribution in [0.5, 0.6) is 0 Å². The zero-order chi connectivity index (χ0) is 13.2. The Hall–Kier alpha value is -0.410. The SMILES string of the molecule is CC1(C)CCCN(Cc2ccc(F)c(Br)c2)CC1. The third-order valence-electron chi connectivity index (χ3n) is 3.82. The van der Waals surface area contributed by atoms with Gasteiger partial charge in [0.25, 0.3) is 0 Å². The van der Waals surface area contributed by atoms with Gasteiger partial charge in [0.15, 0.2) is 0 Å². The van der Waals surface area contributed by atoms with Crippen molar-refractivity contribution < 1.29 is 4.39 Å². The summed E-state index contributed by atoms with van der Waals surface area (Å²) >= 11 is 3.25. The first-order valence-electron chi connectivity index (χ1n) is 6.63. The lowest BCUT2D eigenvalue weighted by Crippen LogP contribution is -2.25. The van der Waals surface area contributed by atoms with E-state index in [1.54, 1.807) is 6.07 Å². The number of benzene rings is 1. The fraction of sp³-hybridized carbons (Fsp3) is 0.600. The molecular formula is C15H21BrFN. The van der Waals surface area contributed by atoms with Crippen molar-refractivity contribution in [3.63, 3.8) is 0 Å². The van der Waals surface area contributed by atoms with Gasteiger partial charge in [-0.1, -0.05) is 19.9 Å². The van der Waals surface area contributed by atoms with E-state index in [0.29, 0.717) is 9.89 Å². The maximum Gasteiger partial charge on any atom is 0.137 e. The Balaban J connectivity index is 1.98. The Kier molecular flexibility index (Phi) is 4.44. The minimum atomic E-state index is -0.184. The van der Waals surface area contributed by atoms with Gasteiger partial charge in [0, 0.05) is 6.54 Å². The van der Waals surface area contributed by atoms with Gasteiger partial charge in [0.2, 0.25) is 0 Å². The number of halogens is 2. The van der Waals surface area contributed by atoms with Crippen LogP contribution in [0, 0.1) is 11.2 Å². The molecule has 0 aromatic heterocycles. The third kappa shape index (κ3) is 3.79. The fourth-order valence-corrected chi connectivity index (χ4v) is 2.96. The molecule has 100 valence electrons. The molecule has 0 saturated carbocycles. The lowest BCUT2D eigenvalue weighted by molar-refractivity contribution is 0.256. The van der Waals surface area contributed by atoms with Crippen LogP contribution in [0.15, 0.2) is 22.7 Å². The van der Waals surface area contributed by atoms with Crippen LogP contribution < -0.4 is 0 Å². The van der Waals surface area contributed by atoms with Gasteiger partial charge >= 0.3 is 0 Å². The van der Waals surface area contributed by atoms with E-state index in [1.165, 1.54) is 24.8 Å². The highest BCUT2D eigenvalue weighted by molar-refractivity contribution is 9.10. The van der Waals surface area contributed by atoms with Crippen molar-refractivity contribution in [1.82, 2.24) is 4.90 Å². The van der Waals surface area contributed by atoms with E-state index in [1.807, 2.05) is 12.1 Å². The summed E-state index contributed by atoms with van der Waals surface area (Å²) in [6.07, 6.45) is 3.81. The van der Waals surface area contributed by atoms with Gasteiger partial charge in [-0.15, -0.1) is 0 Å². The molecule has 0 bridgehead atoms. The molecule has 0 atom stereocenters. The van der Waals surface area contributed by atoms with Crippen molar-refractivity contribution in [2.24, 2.45) is 5.41 Å². The molecular weight excluding hydrogens is 293 g/mol. The summed E-state index contributed by atoms with van der Waals surface area (Å²) in [5, 5.41) is 0. The maximum atomic E-state index is 13.2. The van der Waals surface area contributed by atoms with E-state index in [0.717, 1.165) is 19.6 Å². The van der Waals surface area contributed by atoms with Crippen molar-refractivity contribution >= 4 is 15.9 Å². The summed E-state index contributed by atoms with van der Waals surface area (Å²) in [5.74, 6) is -0.184. The highest BCUT2D eigenvalue weighted by atomic mass is 79.9. The molecule has 0 radical (unpaired) electrons. The number of nitrogens with zero attached hydrogens (tertiary/aromatic N) is 1. The van der Waals surface area contributed by atoms with E-state index in [2.05, 4.69) is 34.7 Å². The average Bonchev–Trinajstić information content (AvgIpc) is 2.46. The van der Waals surface area contributed by atoms with Gasteiger partial charge in [0.1, 0.15) is 5.82 Å². The summed E-state index contributed by atoms with van der Waals surface area (Å²) in [6, 6.07) is 5.32. The molecule has 0 spiro atoms. The van der Waals surface area contributed by atoms with Crippen LogP contribution in [0.25, 0.3) is 0 Å². The van der Waals surface area contributed by atoms with E-state index in [4.69, 9.17) is 0 Å². The van der Waals surface area contributed by atoms with Gasteiger partial charge in [-0.25, -0.2) is 4.39 Å². The van der Waals surface area contributed by atoms with E-state index >= 15 is 0 Å². The zero-order valence-electron chi connectivity index (χ0n) is 11.2. The molecule has 1 aliphatic rings. The van der Waals surface area contributed by atoms with E-state index < -0.39 is 0 Å². The van der Waals surface area contributed by atoms with E-state index in [-0.39, 0.29) is 5.82 Å². The lowest BCUT2D eigenvalue weighted by atomic mass is 9.85. The van der Waals surface area contributed by atoms with Gasteiger partial charge < -0.3 is 0 Å². The van der Waals surface area contributed by atoms with Gasteiger partial charge in [0.05, 0.1) is 4.47 Å².